The van der Waals surface area contributed by atoms with Crippen LogP contribution in [0.2, 0.25) is 0 Å². The zero-order chi connectivity index (χ0) is 35.3. The van der Waals surface area contributed by atoms with Gasteiger partial charge in [0.25, 0.3) is 11.1 Å². The number of amides is 1. The molecule has 3 heterocycles. The van der Waals surface area contributed by atoms with Gasteiger partial charge in [0.05, 0.1) is 36.0 Å². The number of para-hydroxylation sites is 2. The summed E-state index contributed by atoms with van der Waals surface area (Å²) in [6.07, 6.45) is 0.962. The Morgan fingerprint density at radius 3 is 2.15 bits per heavy atom. The normalized spacial score (nSPS) is 17.2. The molecule has 7 aromatic rings. The Morgan fingerprint density at radius 1 is 0.750 bits per heavy atom. The maximum Gasteiger partial charge on any atom is 0.275 e. The molecular formula is C42H34N4O5S. The van der Waals surface area contributed by atoms with Crippen molar-refractivity contribution in [1.29, 1.82) is 0 Å². The third-order valence-corrected chi connectivity index (χ3v) is 9.78. The van der Waals surface area contributed by atoms with Crippen LogP contribution < -0.4 is 5.32 Å². The van der Waals surface area contributed by atoms with Gasteiger partial charge in [0, 0.05) is 34.6 Å². The van der Waals surface area contributed by atoms with Gasteiger partial charge in [-0.25, -0.2) is 9.97 Å². The number of rotatable bonds is 10. The van der Waals surface area contributed by atoms with Crippen molar-refractivity contribution in [3.8, 4) is 22.6 Å². The van der Waals surface area contributed by atoms with Crippen LogP contribution in [0.4, 0.5) is 5.69 Å². The summed E-state index contributed by atoms with van der Waals surface area (Å²) in [7, 11) is 0. The number of nitrogens with one attached hydrogen (secondary N) is 1. The smallest absolute Gasteiger partial charge is 0.275 e. The van der Waals surface area contributed by atoms with Crippen LogP contribution in [0.5, 0.6) is 0 Å². The zero-order valence-corrected chi connectivity index (χ0v) is 28.8. The van der Waals surface area contributed by atoms with Gasteiger partial charge >= 0.3 is 0 Å². The first kappa shape index (κ1) is 33.5. The monoisotopic (exact) mass is 706 g/mol. The van der Waals surface area contributed by atoms with Gasteiger partial charge in [-0.05, 0) is 35.4 Å². The molecular weight excluding hydrogens is 673 g/mol. The van der Waals surface area contributed by atoms with Crippen molar-refractivity contribution in [2.75, 3.05) is 11.1 Å². The van der Waals surface area contributed by atoms with E-state index in [1.165, 1.54) is 18.0 Å². The Bertz CT molecular complexity index is 2230. The third-order valence-electron chi connectivity index (χ3n) is 8.82. The van der Waals surface area contributed by atoms with Crippen LogP contribution in [-0.2, 0) is 16.1 Å². The molecule has 1 amide bonds. The maximum atomic E-state index is 13.0. The molecule has 0 aliphatic carbocycles. The Morgan fingerprint density at radius 2 is 1.42 bits per heavy atom. The van der Waals surface area contributed by atoms with Gasteiger partial charge in [0.1, 0.15) is 11.4 Å². The number of aromatic nitrogens is 3. The minimum absolute atomic E-state index is 0.0286. The second-order valence-electron chi connectivity index (χ2n) is 12.4. The van der Waals surface area contributed by atoms with Crippen LogP contribution in [-0.4, -0.2) is 37.8 Å². The number of hydrogen-bond acceptors (Lipinski definition) is 9. The van der Waals surface area contributed by atoms with Crippen LogP contribution in [0.3, 0.4) is 0 Å². The molecule has 8 rings (SSSR count). The molecule has 2 aromatic heterocycles. The van der Waals surface area contributed by atoms with Crippen LogP contribution >= 0.6 is 11.8 Å². The number of hydrogen-bond donors (Lipinski definition) is 2. The molecule has 52 heavy (non-hydrogen) atoms. The van der Waals surface area contributed by atoms with Crippen LogP contribution in [0, 0.1) is 0 Å². The number of aliphatic hydroxyl groups excluding tert-OH is 1. The van der Waals surface area contributed by atoms with Crippen LogP contribution in [0.1, 0.15) is 46.0 Å². The van der Waals surface area contributed by atoms with E-state index in [9.17, 15) is 9.90 Å². The predicted molar refractivity (Wildman–Crippen MR) is 200 cm³/mol. The van der Waals surface area contributed by atoms with E-state index in [0.717, 1.165) is 44.8 Å². The maximum absolute atomic E-state index is 13.0. The summed E-state index contributed by atoms with van der Waals surface area (Å²) < 4.78 is 19.5. The molecule has 1 fully saturated rings. The highest BCUT2D eigenvalue weighted by atomic mass is 32.2. The first-order valence-electron chi connectivity index (χ1n) is 17.0. The number of oxazole rings is 1. The Labute approximate surface area is 304 Å². The molecule has 3 atom stereocenters. The average Bonchev–Trinajstić information content (AvgIpc) is 3.65. The van der Waals surface area contributed by atoms with E-state index in [1.54, 1.807) is 0 Å². The van der Waals surface area contributed by atoms with E-state index < -0.39 is 6.29 Å². The highest BCUT2D eigenvalue weighted by Crippen LogP contribution is 2.41. The standard InChI is InChI=1S/C42H34N4O5S/c47-25-27-15-17-28(18-16-27)37-23-33(26-52-42-46-38(29-9-3-1-4-10-29)39(51-42)30-11-5-2-6-12-30)49-41(50-37)31-19-21-32(22-20-31)44-40(48)36-24-43-34-13-7-8-14-35(34)45-36/h1-22,24,33,37,41,47H,23,25-26H2,(H,44,48)/t33-,37+,41+/m1/s1. The van der Waals surface area contributed by atoms with Crippen LogP contribution in [0.15, 0.2) is 149 Å². The van der Waals surface area contributed by atoms with Crippen molar-refractivity contribution < 1.29 is 23.8 Å². The molecule has 5 aromatic carbocycles. The van der Waals surface area contributed by atoms with Crippen molar-refractivity contribution in [3.05, 3.63) is 162 Å². The van der Waals surface area contributed by atoms with E-state index in [1.807, 2.05) is 133 Å². The second kappa shape index (κ2) is 15.3. The number of nitrogens with zero attached hydrogens (tertiary/aromatic N) is 3. The molecule has 10 heteroatoms. The highest BCUT2D eigenvalue weighted by molar-refractivity contribution is 7.99. The minimum Gasteiger partial charge on any atom is -0.431 e. The van der Waals surface area contributed by atoms with E-state index in [4.69, 9.17) is 18.9 Å². The van der Waals surface area contributed by atoms with Gasteiger partial charge in [-0.15, -0.1) is 0 Å². The molecule has 1 aliphatic rings. The van der Waals surface area contributed by atoms with Crippen LogP contribution in [0.25, 0.3) is 33.6 Å². The quantitative estimate of drug-likeness (QED) is 0.134. The SMILES string of the molecule is O=C(Nc1ccc([C@H]2O[C@@H](CSc3nc(-c4ccccc4)c(-c4ccccc4)o3)C[C@@H](c3ccc(CO)cc3)O2)cc1)c1cnc2ccccc2n1. The van der Waals surface area contributed by atoms with Crippen molar-refractivity contribution >= 4 is 34.4 Å². The lowest BCUT2D eigenvalue weighted by atomic mass is 10.0. The largest absolute Gasteiger partial charge is 0.431 e. The summed E-state index contributed by atoms with van der Waals surface area (Å²) >= 11 is 1.51. The second-order valence-corrected chi connectivity index (χ2v) is 13.3. The molecule has 0 saturated carbocycles. The number of aliphatic hydroxyl groups is 1. The number of fused-ring (bicyclic) bond motifs is 1. The predicted octanol–water partition coefficient (Wildman–Crippen LogP) is 9.03. The fraction of sp³-hybridized carbons (Fsp3) is 0.143. The average molecular weight is 707 g/mol. The summed E-state index contributed by atoms with van der Waals surface area (Å²) in [6.45, 7) is -0.0286. The third kappa shape index (κ3) is 7.51. The van der Waals surface area contributed by atoms with E-state index in [-0.39, 0.29) is 30.4 Å². The molecule has 1 saturated heterocycles. The Hall–Kier alpha value is -5.65. The Balaban J connectivity index is 1.01. The molecule has 0 radical (unpaired) electrons. The fourth-order valence-electron chi connectivity index (χ4n) is 6.11. The minimum atomic E-state index is -0.665. The van der Waals surface area contributed by atoms with Crippen molar-refractivity contribution in [3.63, 3.8) is 0 Å². The van der Waals surface area contributed by atoms with E-state index in [0.29, 0.717) is 28.6 Å². The van der Waals surface area contributed by atoms with Crippen molar-refractivity contribution in [2.45, 2.75) is 36.7 Å². The molecule has 1 aliphatic heterocycles. The lowest BCUT2D eigenvalue weighted by Gasteiger charge is -2.36. The number of thioether (sulfide) groups is 1. The molecule has 9 nitrogen and oxygen atoms in total. The van der Waals surface area contributed by atoms with Crippen molar-refractivity contribution in [1.82, 2.24) is 15.0 Å². The number of anilines is 1. The number of carbonyl (C=O) groups is 1. The summed E-state index contributed by atoms with van der Waals surface area (Å²) in [5.41, 5.74) is 7.59. The first-order valence-corrected chi connectivity index (χ1v) is 18.0. The lowest BCUT2D eigenvalue weighted by molar-refractivity contribution is -0.245. The molecule has 0 spiro atoms. The first-order chi connectivity index (χ1) is 25.6. The zero-order valence-electron chi connectivity index (χ0n) is 28.0. The van der Waals surface area contributed by atoms with E-state index in [2.05, 4.69) is 15.3 Å². The van der Waals surface area contributed by atoms with Gasteiger partial charge in [-0.2, -0.15) is 0 Å². The molecule has 2 N–H and O–H groups in total. The topological polar surface area (TPSA) is 120 Å². The number of benzene rings is 5. The lowest BCUT2D eigenvalue weighted by Crippen LogP contribution is -2.31. The summed E-state index contributed by atoms with van der Waals surface area (Å²) in [4.78, 5) is 26.7. The van der Waals surface area contributed by atoms with Gasteiger partial charge in [-0.1, -0.05) is 121 Å². The van der Waals surface area contributed by atoms with Gasteiger partial charge in [0.15, 0.2) is 12.1 Å². The van der Waals surface area contributed by atoms with Gasteiger partial charge < -0.3 is 24.3 Å². The highest BCUT2D eigenvalue weighted by Gasteiger charge is 2.33. The molecule has 0 unspecified atom stereocenters. The van der Waals surface area contributed by atoms with Gasteiger partial charge in [0.2, 0.25) is 0 Å². The number of ether oxygens (including phenoxy) is 2. The number of carbonyl (C=O) groups excluding carboxylic acids is 1. The van der Waals surface area contributed by atoms with E-state index >= 15 is 0 Å². The van der Waals surface area contributed by atoms with Gasteiger partial charge in [-0.3, -0.25) is 9.78 Å². The summed E-state index contributed by atoms with van der Waals surface area (Å²) in [5, 5.41) is 13.1. The van der Waals surface area contributed by atoms with Crippen molar-refractivity contribution in [2.24, 2.45) is 0 Å². The summed E-state index contributed by atoms with van der Waals surface area (Å²) in [5.74, 6) is 0.952. The Kier molecular flexibility index (Phi) is 9.86. The molecule has 258 valence electrons. The summed E-state index contributed by atoms with van der Waals surface area (Å²) in [6, 6.07) is 42.7. The fourth-order valence-corrected chi connectivity index (χ4v) is 6.95. The molecule has 0 bridgehead atoms.